The van der Waals surface area contributed by atoms with Crippen molar-refractivity contribution >= 4 is 5.91 Å². The van der Waals surface area contributed by atoms with Gasteiger partial charge in [-0.2, -0.15) is 0 Å². The van der Waals surface area contributed by atoms with Crippen LogP contribution in [0.3, 0.4) is 0 Å². The first-order valence-corrected chi connectivity index (χ1v) is 9.07. The van der Waals surface area contributed by atoms with Crippen molar-refractivity contribution in [3.05, 3.63) is 83.9 Å². The highest BCUT2D eigenvalue weighted by molar-refractivity contribution is 5.76. The van der Waals surface area contributed by atoms with Crippen LogP contribution in [-0.4, -0.2) is 12.7 Å². The Balaban J connectivity index is 1.30. The highest BCUT2D eigenvalue weighted by atomic mass is 16.7. The first kappa shape index (κ1) is 17.2. The third kappa shape index (κ3) is 4.29. The lowest BCUT2D eigenvalue weighted by atomic mass is 10.0. The number of carbonyl (C=O) groups is 1. The van der Waals surface area contributed by atoms with Gasteiger partial charge in [-0.1, -0.05) is 54.6 Å². The van der Waals surface area contributed by atoms with Gasteiger partial charge in [0.15, 0.2) is 11.5 Å². The molecule has 1 heterocycles. The molecule has 3 aromatic rings. The predicted molar refractivity (Wildman–Crippen MR) is 105 cm³/mol. The van der Waals surface area contributed by atoms with Crippen LogP contribution in [-0.2, 0) is 17.8 Å². The number of aryl methyl sites for hydroxylation is 1. The molecule has 4 heteroatoms. The summed E-state index contributed by atoms with van der Waals surface area (Å²) >= 11 is 0. The summed E-state index contributed by atoms with van der Waals surface area (Å²) in [6.07, 6.45) is 1.12. The fraction of sp³-hybridized carbons (Fsp3) is 0.174. The molecular weight excluding hydrogens is 338 g/mol. The summed E-state index contributed by atoms with van der Waals surface area (Å²) in [6.45, 7) is 0.794. The van der Waals surface area contributed by atoms with Gasteiger partial charge in [0.1, 0.15) is 0 Å². The third-order valence-corrected chi connectivity index (χ3v) is 4.60. The van der Waals surface area contributed by atoms with Crippen LogP contribution in [0, 0.1) is 0 Å². The number of fused-ring (bicyclic) bond motifs is 1. The molecule has 4 nitrogen and oxygen atoms in total. The smallest absolute Gasteiger partial charge is 0.231 e. The molecular formula is C23H21NO3. The van der Waals surface area contributed by atoms with Crippen LogP contribution in [0.5, 0.6) is 11.5 Å². The van der Waals surface area contributed by atoms with Gasteiger partial charge in [0.2, 0.25) is 12.7 Å². The van der Waals surface area contributed by atoms with Crippen molar-refractivity contribution in [2.45, 2.75) is 19.4 Å². The van der Waals surface area contributed by atoms with Gasteiger partial charge < -0.3 is 14.8 Å². The Labute approximate surface area is 158 Å². The average molecular weight is 359 g/mol. The van der Waals surface area contributed by atoms with Crippen LogP contribution < -0.4 is 14.8 Å². The minimum Gasteiger partial charge on any atom is -0.454 e. The molecule has 0 aromatic heterocycles. The van der Waals surface area contributed by atoms with Crippen LogP contribution >= 0.6 is 0 Å². The standard InChI is InChI=1S/C23H21NO3/c25-23(12-10-17-9-11-21-22(14-17)27-16-26-21)24-15-18-5-4-8-20(13-18)19-6-2-1-3-7-19/h1-9,11,13-14H,10,12,15-16H2,(H,24,25). The second-order valence-electron chi connectivity index (χ2n) is 6.53. The highest BCUT2D eigenvalue weighted by Gasteiger charge is 2.13. The summed E-state index contributed by atoms with van der Waals surface area (Å²) in [5.74, 6) is 1.56. The number of rotatable bonds is 6. The number of benzene rings is 3. The van der Waals surface area contributed by atoms with Crippen LogP contribution in [0.2, 0.25) is 0 Å². The molecule has 0 atom stereocenters. The lowest BCUT2D eigenvalue weighted by Gasteiger charge is -2.08. The Morgan fingerprint density at radius 3 is 2.52 bits per heavy atom. The van der Waals surface area contributed by atoms with E-state index in [1.165, 1.54) is 5.56 Å². The normalized spacial score (nSPS) is 12.0. The van der Waals surface area contributed by atoms with Crippen molar-refractivity contribution in [3.8, 4) is 22.6 Å². The third-order valence-electron chi connectivity index (χ3n) is 4.60. The Kier molecular flexibility index (Phi) is 5.06. The van der Waals surface area contributed by atoms with Crippen molar-refractivity contribution < 1.29 is 14.3 Å². The summed E-state index contributed by atoms with van der Waals surface area (Å²) in [4.78, 5) is 12.2. The van der Waals surface area contributed by atoms with Gasteiger partial charge in [0, 0.05) is 13.0 Å². The molecule has 0 saturated carbocycles. The zero-order valence-corrected chi connectivity index (χ0v) is 15.0. The molecule has 1 N–H and O–H groups in total. The molecule has 27 heavy (non-hydrogen) atoms. The maximum Gasteiger partial charge on any atom is 0.231 e. The number of ether oxygens (including phenoxy) is 2. The number of amides is 1. The Morgan fingerprint density at radius 2 is 1.63 bits per heavy atom. The van der Waals surface area contributed by atoms with E-state index in [9.17, 15) is 4.79 Å². The van der Waals surface area contributed by atoms with Crippen molar-refractivity contribution in [1.29, 1.82) is 0 Å². The lowest BCUT2D eigenvalue weighted by molar-refractivity contribution is -0.121. The van der Waals surface area contributed by atoms with Gasteiger partial charge in [-0.25, -0.2) is 0 Å². The monoisotopic (exact) mass is 359 g/mol. The van der Waals surface area contributed by atoms with Crippen molar-refractivity contribution in [3.63, 3.8) is 0 Å². The molecule has 1 aliphatic rings. The topological polar surface area (TPSA) is 47.6 Å². The zero-order valence-electron chi connectivity index (χ0n) is 15.0. The molecule has 1 aliphatic heterocycles. The maximum absolute atomic E-state index is 12.2. The van der Waals surface area contributed by atoms with Gasteiger partial charge in [-0.15, -0.1) is 0 Å². The summed E-state index contributed by atoms with van der Waals surface area (Å²) < 4.78 is 10.7. The van der Waals surface area contributed by atoms with Crippen molar-refractivity contribution in [1.82, 2.24) is 5.32 Å². The largest absolute Gasteiger partial charge is 0.454 e. The second kappa shape index (κ2) is 7.96. The molecule has 0 spiro atoms. The van der Waals surface area contributed by atoms with Crippen LogP contribution in [0.15, 0.2) is 72.8 Å². The summed E-state index contributed by atoms with van der Waals surface area (Å²) in [5, 5.41) is 3.01. The van der Waals surface area contributed by atoms with E-state index >= 15 is 0 Å². The van der Waals surface area contributed by atoms with Crippen molar-refractivity contribution in [2.75, 3.05) is 6.79 Å². The first-order chi connectivity index (χ1) is 13.3. The van der Waals surface area contributed by atoms with Crippen LogP contribution in [0.25, 0.3) is 11.1 Å². The maximum atomic E-state index is 12.2. The number of hydrogen-bond donors (Lipinski definition) is 1. The number of carbonyl (C=O) groups excluding carboxylic acids is 1. The first-order valence-electron chi connectivity index (χ1n) is 9.07. The van der Waals surface area contributed by atoms with Gasteiger partial charge in [0.25, 0.3) is 0 Å². The van der Waals surface area contributed by atoms with E-state index in [1.807, 2.05) is 48.5 Å². The van der Waals surface area contributed by atoms with E-state index in [1.54, 1.807) is 0 Å². The van der Waals surface area contributed by atoms with E-state index in [0.29, 0.717) is 19.4 Å². The van der Waals surface area contributed by atoms with E-state index < -0.39 is 0 Å². The summed E-state index contributed by atoms with van der Waals surface area (Å²) in [6, 6.07) is 24.3. The minimum absolute atomic E-state index is 0.0396. The van der Waals surface area contributed by atoms with Crippen LogP contribution in [0.4, 0.5) is 0 Å². The fourth-order valence-corrected chi connectivity index (χ4v) is 3.13. The Hall–Kier alpha value is -3.27. The molecule has 0 aliphatic carbocycles. The average Bonchev–Trinajstić information content (AvgIpc) is 3.19. The molecule has 0 bridgehead atoms. The van der Waals surface area contributed by atoms with Gasteiger partial charge in [-0.05, 0) is 46.9 Å². The zero-order chi connectivity index (χ0) is 18.5. The highest BCUT2D eigenvalue weighted by Crippen LogP contribution is 2.32. The molecule has 3 aromatic carbocycles. The molecule has 4 rings (SSSR count). The SMILES string of the molecule is O=C(CCc1ccc2c(c1)OCO2)NCc1cccc(-c2ccccc2)c1. The minimum atomic E-state index is 0.0396. The van der Waals surface area contributed by atoms with Gasteiger partial charge in [0.05, 0.1) is 0 Å². The van der Waals surface area contributed by atoms with E-state index in [-0.39, 0.29) is 12.7 Å². The molecule has 1 amide bonds. The number of nitrogens with one attached hydrogen (secondary N) is 1. The van der Waals surface area contributed by atoms with Gasteiger partial charge >= 0.3 is 0 Å². The van der Waals surface area contributed by atoms with Crippen LogP contribution in [0.1, 0.15) is 17.5 Å². The molecule has 0 radical (unpaired) electrons. The second-order valence-corrected chi connectivity index (χ2v) is 6.53. The van der Waals surface area contributed by atoms with E-state index in [4.69, 9.17) is 9.47 Å². The lowest BCUT2D eigenvalue weighted by Crippen LogP contribution is -2.23. The van der Waals surface area contributed by atoms with E-state index in [0.717, 1.165) is 28.2 Å². The van der Waals surface area contributed by atoms with Gasteiger partial charge in [-0.3, -0.25) is 4.79 Å². The molecule has 136 valence electrons. The molecule has 0 fully saturated rings. The molecule has 0 saturated heterocycles. The van der Waals surface area contributed by atoms with E-state index in [2.05, 4.69) is 29.6 Å². The summed E-state index contributed by atoms with van der Waals surface area (Å²) in [7, 11) is 0. The summed E-state index contributed by atoms with van der Waals surface area (Å²) in [5.41, 5.74) is 4.49. The predicted octanol–water partition coefficient (Wildman–Crippen LogP) is 4.33. The Morgan fingerprint density at radius 1 is 0.815 bits per heavy atom. The van der Waals surface area contributed by atoms with Crippen molar-refractivity contribution in [2.24, 2.45) is 0 Å². The molecule has 0 unspecified atom stereocenters. The Bertz CT molecular complexity index is 937. The fourth-order valence-electron chi connectivity index (χ4n) is 3.13. The number of hydrogen-bond acceptors (Lipinski definition) is 3. The quantitative estimate of drug-likeness (QED) is 0.712.